The molecule has 3 rings (SSSR count). The van der Waals surface area contributed by atoms with Crippen molar-refractivity contribution in [3.63, 3.8) is 0 Å². The van der Waals surface area contributed by atoms with Gasteiger partial charge in [0.1, 0.15) is 20.0 Å². The Labute approximate surface area is 190 Å². The number of rotatable bonds is 6. The predicted molar refractivity (Wildman–Crippen MR) is 125 cm³/mol. The van der Waals surface area contributed by atoms with Crippen molar-refractivity contribution in [1.82, 2.24) is 0 Å². The number of halogens is 1. The zero-order valence-electron chi connectivity index (χ0n) is 19.0. The first kappa shape index (κ1) is 24.5. The van der Waals surface area contributed by atoms with Gasteiger partial charge < -0.3 is 9.64 Å². The smallest absolute Gasteiger partial charge is 0.242 e. The molecule has 0 aliphatic carbocycles. The predicted octanol–water partition coefficient (Wildman–Crippen LogP) is 3.52. The molecule has 0 unspecified atom stereocenters. The van der Waals surface area contributed by atoms with Crippen molar-refractivity contribution in [2.75, 3.05) is 31.0 Å². The number of alkyl halides is 1. The van der Waals surface area contributed by atoms with Crippen molar-refractivity contribution in [2.45, 2.75) is 13.8 Å². The number of hydrogen-bond acceptors (Lipinski definition) is 2. The molecule has 2 heterocycles. The Morgan fingerprint density at radius 1 is 0.903 bits per heavy atom. The molecule has 1 amide bonds. The van der Waals surface area contributed by atoms with Crippen LogP contribution in [0.15, 0.2) is 67.3 Å². The van der Waals surface area contributed by atoms with Crippen LogP contribution in [0.4, 0.5) is 5.69 Å². The number of benzene rings is 1. The second-order valence-corrected chi connectivity index (χ2v) is 7.68. The summed E-state index contributed by atoms with van der Waals surface area (Å²) in [4.78, 5) is 13.6. The number of anilines is 1. The van der Waals surface area contributed by atoms with E-state index in [0.717, 1.165) is 16.8 Å². The third-order valence-corrected chi connectivity index (χ3v) is 5.16. The maximum absolute atomic E-state index is 11.9. The first-order valence-corrected chi connectivity index (χ1v) is 10.7. The third-order valence-electron chi connectivity index (χ3n) is 4.93. The van der Waals surface area contributed by atoms with Gasteiger partial charge in [-0.3, -0.25) is 4.79 Å². The van der Waals surface area contributed by atoms with E-state index in [1.54, 1.807) is 12.0 Å². The summed E-state index contributed by atoms with van der Waals surface area (Å²) in [6.45, 7) is 5.00. The molecule has 5 nitrogen and oxygen atoms in total. The van der Waals surface area contributed by atoms with Crippen LogP contribution in [0.5, 0.6) is 0 Å². The highest BCUT2D eigenvalue weighted by molar-refractivity contribution is 6.29. The SMILES string of the molecule is COCCN(C(=O)CCl)c1c(C)cccc1C.C[n+]1ccc(-c2cc[n+](C)cc2)cc1. The topological polar surface area (TPSA) is 37.3 Å². The molecule has 0 saturated heterocycles. The van der Waals surface area contributed by atoms with Crippen LogP contribution in [0.1, 0.15) is 11.1 Å². The Kier molecular flexibility index (Phi) is 9.63. The van der Waals surface area contributed by atoms with Crippen LogP contribution in [0.2, 0.25) is 0 Å². The minimum atomic E-state index is -0.0962. The average Bonchev–Trinajstić information content (AvgIpc) is 2.77. The number of aryl methyl sites for hydroxylation is 4. The van der Waals surface area contributed by atoms with Gasteiger partial charge in [0.2, 0.25) is 5.91 Å². The number of nitrogens with zero attached hydrogens (tertiary/aromatic N) is 3. The quantitative estimate of drug-likeness (QED) is 0.433. The molecule has 0 aliphatic rings. The number of pyridine rings is 2. The van der Waals surface area contributed by atoms with Crippen LogP contribution in [-0.2, 0) is 23.6 Å². The van der Waals surface area contributed by atoms with Gasteiger partial charge in [-0.15, -0.1) is 11.6 Å². The van der Waals surface area contributed by atoms with Gasteiger partial charge in [-0.1, -0.05) is 18.2 Å². The fourth-order valence-corrected chi connectivity index (χ4v) is 3.38. The number of aromatic nitrogens is 2. The third kappa shape index (κ3) is 7.16. The molecule has 0 spiro atoms. The maximum Gasteiger partial charge on any atom is 0.242 e. The summed E-state index contributed by atoms with van der Waals surface area (Å²) >= 11 is 5.65. The number of para-hydroxylation sites is 1. The molecular weight excluding hydrogens is 410 g/mol. The molecule has 31 heavy (non-hydrogen) atoms. The van der Waals surface area contributed by atoms with Crippen LogP contribution >= 0.6 is 11.6 Å². The summed E-state index contributed by atoms with van der Waals surface area (Å²) in [7, 11) is 5.66. The molecule has 164 valence electrons. The second kappa shape index (κ2) is 12.2. The molecule has 0 fully saturated rings. The zero-order valence-corrected chi connectivity index (χ0v) is 19.8. The number of amides is 1. The number of ether oxygens (including phenoxy) is 1. The van der Waals surface area contributed by atoms with E-state index in [0.29, 0.717) is 13.2 Å². The minimum absolute atomic E-state index is 0.0164. The Hall–Kier alpha value is -2.76. The summed E-state index contributed by atoms with van der Waals surface area (Å²) in [5, 5.41) is 0. The van der Waals surface area contributed by atoms with Gasteiger partial charge in [0.25, 0.3) is 0 Å². The Bertz CT molecular complexity index is 909. The van der Waals surface area contributed by atoms with Crippen molar-refractivity contribution < 1.29 is 18.7 Å². The molecular formula is C25H32ClN3O2+2. The van der Waals surface area contributed by atoms with E-state index in [4.69, 9.17) is 16.3 Å². The standard InChI is InChI=1S/C13H18ClNO2.C12H14N2/c1-10-5-4-6-11(2)13(10)15(7-8-17-3)12(16)9-14;1-13-7-3-11(4-8-13)12-5-9-14(2)10-6-12/h4-6H,7-9H2,1-3H3;3-10H,1-2H3/q;+2. The first-order valence-electron chi connectivity index (χ1n) is 10.2. The highest BCUT2D eigenvalue weighted by Crippen LogP contribution is 2.24. The van der Waals surface area contributed by atoms with Crippen LogP contribution in [-0.4, -0.2) is 32.0 Å². The van der Waals surface area contributed by atoms with E-state index in [1.807, 2.05) is 55.3 Å². The van der Waals surface area contributed by atoms with E-state index in [-0.39, 0.29) is 11.8 Å². The highest BCUT2D eigenvalue weighted by Gasteiger charge is 2.18. The zero-order chi connectivity index (χ0) is 22.8. The highest BCUT2D eigenvalue weighted by atomic mass is 35.5. The van der Waals surface area contributed by atoms with E-state index in [2.05, 4.69) is 49.1 Å². The van der Waals surface area contributed by atoms with E-state index >= 15 is 0 Å². The lowest BCUT2D eigenvalue weighted by Gasteiger charge is -2.25. The van der Waals surface area contributed by atoms with Crippen LogP contribution in [0, 0.1) is 13.8 Å². The van der Waals surface area contributed by atoms with Gasteiger partial charge in [0.05, 0.1) is 6.61 Å². The maximum atomic E-state index is 11.9. The molecule has 1 aromatic carbocycles. The van der Waals surface area contributed by atoms with Gasteiger partial charge in [-0.25, -0.2) is 9.13 Å². The van der Waals surface area contributed by atoms with Crippen molar-refractivity contribution in [3.05, 3.63) is 78.4 Å². The summed E-state index contributed by atoms with van der Waals surface area (Å²) in [6.07, 6.45) is 8.23. The lowest BCUT2D eigenvalue weighted by molar-refractivity contribution is -0.671. The van der Waals surface area contributed by atoms with Crippen molar-refractivity contribution in [3.8, 4) is 11.1 Å². The number of hydrogen-bond donors (Lipinski definition) is 0. The Balaban J connectivity index is 0.000000224. The van der Waals surface area contributed by atoms with Crippen molar-refractivity contribution in [2.24, 2.45) is 14.1 Å². The largest absolute Gasteiger partial charge is 0.383 e. The molecule has 0 atom stereocenters. The van der Waals surface area contributed by atoms with Crippen LogP contribution < -0.4 is 14.0 Å². The van der Waals surface area contributed by atoms with Crippen LogP contribution in [0.25, 0.3) is 11.1 Å². The van der Waals surface area contributed by atoms with Gasteiger partial charge in [-0.2, -0.15) is 0 Å². The number of carbonyl (C=O) groups excluding carboxylic acids is 1. The molecule has 2 aromatic heterocycles. The first-order chi connectivity index (χ1) is 14.9. The molecule has 0 saturated carbocycles. The average molecular weight is 442 g/mol. The molecule has 6 heteroatoms. The van der Waals surface area contributed by atoms with Gasteiger partial charge >= 0.3 is 0 Å². The molecule has 0 bridgehead atoms. The Morgan fingerprint density at radius 2 is 1.35 bits per heavy atom. The van der Waals surface area contributed by atoms with Crippen molar-refractivity contribution >= 4 is 23.2 Å². The minimum Gasteiger partial charge on any atom is -0.383 e. The van der Waals surface area contributed by atoms with Gasteiger partial charge in [-0.05, 0) is 36.1 Å². The van der Waals surface area contributed by atoms with E-state index < -0.39 is 0 Å². The van der Waals surface area contributed by atoms with Crippen molar-refractivity contribution in [1.29, 1.82) is 0 Å². The van der Waals surface area contributed by atoms with Gasteiger partial charge in [0, 0.05) is 43.6 Å². The Morgan fingerprint density at radius 3 is 1.74 bits per heavy atom. The van der Waals surface area contributed by atoms with E-state index in [1.165, 1.54) is 11.1 Å². The summed E-state index contributed by atoms with van der Waals surface area (Å²) in [6, 6.07) is 14.4. The summed E-state index contributed by atoms with van der Waals surface area (Å²) in [5.74, 6) is -0.113. The molecule has 0 N–H and O–H groups in total. The monoisotopic (exact) mass is 441 g/mol. The fraction of sp³-hybridized carbons (Fsp3) is 0.320. The molecule has 0 radical (unpaired) electrons. The van der Waals surface area contributed by atoms with E-state index in [9.17, 15) is 4.79 Å². The lowest BCUT2D eigenvalue weighted by atomic mass is 10.1. The molecule has 0 aliphatic heterocycles. The van der Waals surface area contributed by atoms with Gasteiger partial charge in [0.15, 0.2) is 24.8 Å². The second-order valence-electron chi connectivity index (χ2n) is 7.42. The fourth-order valence-electron chi connectivity index (χ4n) is 3.23. The lowest BCUT2D eigenvalue weighted by Crippen LogP contribution is -2.35. The number of carbonyl (C=O) groups is 1. The normalized spacial score (nSPS) is 10.3. The molecule has 3 aromatic rings. The summed E-state index contributed by atoms with van der Waals surface area (Å²) < 4.78 is 9.10. The number of methoxy groups -OCH3 is 1. The van der Waals surface area contributed by atoms with Crippen LogP contribution in [0.3, 0.4) is 0 Å². The summed E-state index contributed by atoms with van der Waals surface area (Å²) in [5.41, 5.74) is 5.58.